The summed E-state index contributed by atoms with van der Waals surface area (Å²) in [6.45, 7) is 3.64. The van der Waals surface area contributed by atoms with Gasteiger partial charge in [0, 0.05) is 36.1 Å². The van der Waals surface area contributed by atoms with Gasteiger partial charge in [-0.1, -0.05) is 49.9 Å². The predicted octanol–water partition coefficient (Wildman–Crippen LogP) is 3.50. The van der Waals surface area contributed by atoms with Crippen LogP contribution in [0.2, 0.25) is 5.02 Å². The molecule has 2 aliphatic rings. The van der Waals surface area contributed by atoms with Crippen molar-refractivity contribution in [3.63, 3.8) is 0 Å². The van der Waals surface area contributed by atoms with Crippen LogP contribution in [0.3, 0.4) is 0 Å². The molecule has 3 amide bonds. The Morgan fingerprint density at radius 1 is 1.15 bits per heavy atom. The molecule has 1 aromatic heterocycles. The van der Waals surface area contributed by atoms with Crippen LogP contribution in [0.15, 0.2) is 30.3 Å². The molecule has 0 saturated carbocycles. The van der Waals surface area contributed by atoms with Crippen LogP contribution in [-0.2, 0) is 9.59 Å². The predicted molar refractivity (Wildman–Crippen MR) is 130 cm³/mol. The third-order valence-electron chi connectivity index (χ3n) is 6.88. The number of benzene rings is 1. The molecular formula is C25H32ClN5O3. The summed E-state index contributed by atoms with van der Waals surface area (Å²) in [4.78, 5) is 41.2. The number of likely N-dealkylation sites (tertiary alicyclic amines) is 1. The van der Waals surface area contributed by atoms with E-state index < -0.39 is 0 Å². The van der Waals surface area contributed by atoms with E-state index in [-0.39, 0.29) is 36.2 Å². The van der Waals surface area contributed by atoms with Crippen molar-refractivity contribution < 1.29 is 14.4 Å². The largest absolute Gasteiger partial charge is 0.369 e. The fraction of sp³-hybridized carbons (Fsp3) is 0.520. The van der Waals surface area contributed by atoms with E-state index in [2.05, 4.69) is 6.92 Å². The molecule has 34 heavy (non-hydrogen) atoms. The smallest absolute Gasteiger partial charge is 0.272 e. The lowest BCUT2D eigenvalue weighted by atomic mass is 9.96. The first-order chi connectivity index (χ1) is 16.4. The van der Waals surface area contributed by atoms with Crippen LogP contribution >= 0.6 is 11.6 Å². The topological polar surface area (TPSA) is 102 Å². The molecule has 1 fully saturated rings. The van der Waals surface area contributed by atoms with Crippen molar-refractivity contribution in [3.8, 4) is 11.3 Å². The van der Waals surface area contributed by atoms with E-state index in [4.69, 9.17) is 22.4 Å². The molecule has 1 aromatic carbocycles. The summed E-state index contributed by atoms with van der Waals surface area (Å²) in [6, 6.07) is 9.24. The van der Waals surface area contributed by atoms with Gasteiger partial charge in [0.1, 0.15) is 12.2 Å². The van der Waals surface area contributed by atoms with Crippen LogP contribution in [0, 0.1) is 5.92 Å². The van der Waals surface area contributed by atoms with Crippen molar-refractivity contribution in [2.75, 3.05) is 26.2 Å². The van der Waals surface area contributed by atoms with Gasteiger partial charge in [-0.05, 0) is 37.5 Å². The van der Waals surface area contributed by atoms with Crippen LogP contribution < -0.4 is 5.73 Å². The van der Waals surface area contributed by atoms with E-state index in [1.807, 2.05) is 35.0 Å². The molecule has 9 heteroatoms. The Balaban J connectivity index is 1.52. The van der Waals surface area contributed by atoms with E-state index >= 15 is 0 Å². The van der Waals surface area contributed by atoms with Gasteiger partial charge >= 0.3 is 0 Å². The average molecular weight is 486 g/mol. The summed E-state index contributed by atoms with van der Waals surface area (Å²) >= 11 is 6.03. The highest BCUT2D eigenvalue weighted by atomic mass is 35.5. The Morgan fingerprint density at radius 2 is 1.85 bits per heavy atom. The third-order valence-corrected chi connectivity index (χ3v) is 7.13. The molecule has 1 atom stereocenters. The van der Waals surface area contributed by atoms with E-state index in [9.17, 15) is 14.4 Å². The lowest BCUT2D eigenvalue weighted by molar-refractivity contribution is -0.135. The Bertz CT molecular complexity index is 1040. The van der Waals surface area contributed by atoms with Gasteiger partial charge in [0.25, 0.3) is 5.91 Å². The molecule has 3 heterocycles. The van der Waals surface area contributed by atoms with Crippen molar-refractivity contribution in [2.45, 2.75) is 51.5 Å². The number of rotatable bonds is 8. The number of nitrogens with two attached hydrogens (primary N) is 1. The average Bonchev–Trinajstić information content (AvgIpc) is 3.28. The molecule has 2 aromatic rings. The summed E-state index contributed by atoms with van der Waals surface area (Å²) in [7, 11) is 0. The fourth-order valence-corrected chi connectivity index (χ4v) is 4.95. The quantitative estimate of drug-likeness (QED) is 0.578. The van der Waals surface area contributed by atoms with Gasteiger partial charge in [-0.3, -0.25) is 19.1 Å². The minimum absolute atomic E-state index is 0.0219. The number of fused-ring (bicyclic) bond motifs is 1. The second kappa shape index (κ2) is 10.6. The Kier molecular flexibility index (Phi) is 7.56. The van der Waals surface area contributed by atoms with Crippen LogP contribution in [0.1, 0.15) is 62.0 Å². The number of primary amides is 1. The molecule has 2 N–H and O–H groups in total. The number of aromatic nitrogens is 2. The monoisotopic (exact) mass is 485 g/mol. The molecule has 0 aliphatic carbocycles. The number of halogens is 1. The molecule has 0 radical (unpaired) electrons. The zero-order valence-corrected chi connectivity index (χ0v) is 20.3. The number of nitrogens with zero attached hydrogens (tertiary/aromatic N) is 4. The molecule has 2 aliphatic heterocycles. The zero-order chi connectivity index (χ0) is 24.2. The summed E-state index contributed by atoms with van der Waals surface area (Å²) < 4.78 is 1.85. The number of amides is 3. The maximum absolute atomic E-state index is 13.4. The van der Waals surface area contributed by atoms with Crippen molar-refractivity contribution in [1.82, 2.24) is 19.6 Å². The maximum Gasteiger partial charge on any atom is 0.272 e. The first-order valence-corrected chi connectivity index (χ1v) is 12.5. The SMILES string of the molecule is CCCCCC1CN(CC(=O)N2CCC(C(N)=O)CC2)C(=O)c2cc(-c3ccc(Cl)cc3)nn21. The van der Waals surface area contributed by atoms with Crippen LogP contribution in [0.4, 0.5) is 0 Å². The zero-order valence-electron chi connectivity index (χ0n) is 19.6. The first-order valence-electron chi connectivity index (χ1n) is 12.1. The highest BCUT2D eigenvalue weighted by Crippen LogP contribution is 2.30. The highest BCUT2D eigenvalue weighted by molar-refractivity contribution is 6.30. The van der Waals surface area contributed by atoms with Crippen molar-refractivity contribution in [2.24, 2.45) is 11.7 Å². The highest BCUT2D eigenvalue weighted by Gasteiger charge is 2.35. The number of carbonyl (C=O) groups is 3. The number of hydrogen-bond donors (Lipinski definition) is 1. The van der Waals surface area contributed by atoms with E-state index in [0.717, 1.165) is 36.9 Å². The van der Waals surface area contributed by atoms with Gasteiger partial charge in [0.2, 0.25) is 11.8 Å². The van der Waals surface area contributed by atoms with Crippen molar-refractivity contribution in [1.29, 1.82) is 0 Å². The van der Waals surface area contributed by atoms with E-state index in [0.29, 0.717) is 43.2 Å². The van der Waals surface area contributed by atoms with Gasteiger partial charge in [-0.2, -0.15) is 5.10 Å². The summed E-state index contributed by atoms with van der Waals surface area (Å²) in [5.74, 6) is -0.753. The van der Waals surface area contributed by atoms with Gasteiger partial charge in [0.15, 0.2) is 0 Å². The van der Waals surface area contributed by atoms with E-state index in [1.54, 1.807) is 9.80 Å². The van der Waals surface area contributed by atoms with Crippen LogP contribution in [-0.4, -0.2) is 63.5 Å². The summed E-state index contributed by atoms with van der Waals surface area (Å²) in [5.41, 5.74) is 7.54. The van der Waals surface area contributed by atoms with Gasteiger partial charge < -0.3 is 15.5 Å². The van der Waals surface area contributed by atoms with Crippen molar-refractivity contribution in [3.05, 3.63) is 41.0 Å². The van der Waals surface area contributed by atoms with E-state index in [1.165, 1.54) is 0 Å². The minimum atomic E-state index is -0.307. The number of unbranched alkanes of at least 4 members (excludes halogenated alkanes) is 2. The molecule has 0 bridgehead atoms. The third kappa shape index (κ3) is 5.27. The molecule has 1 saturated heterocycles. The molecule has 0 spiro atoms. The number of piperidine rings is 1. The maximum atomic E-state index is 13.4. The lowest BCUT2D eigenvalue weighted by Crippen LogP contribution is -2.50. The fourth-order valence-electron chi connectivity index (χ4n) is 4.83. The standard InChI is InChI=1S/C25H32ClN5O3/c1-2-3-4-5-20-15-30(16-23(32)29-12-10-18(11-13-29)24(27)33)25(34)22-14-21(28-31(20)22)17-6-8-19(26)9-7-17/h6-9,14,18,20H,2-5,10-13,15-16H2,1H3,(H2,27,33). The van der Waals surface area contributed by atoms with Gasteiger partial charge in [0.05, 0.1) is 11.7 Å². The summed E-state index contributed by atoms with van der Waals surface area (Å²) in [5, 5.41) is 5.42. The van der Waals surface area contributed by atoms with Gasteiger partial charge in [-0.15, -0.1) is 0 Å². The molecule has 1 unspecified atom stereocenters. The number of hydrogen-bond acceptors (Lipinski definition) is 4. The van der Waals surface area contributed by atoms with Crippen LogP contribution in [0.25, 0.3) is 11.3 Å². The molecular weight excluding hydrogens is 454 g/mol. The second-order valence-electron chi connectivity index (χ2n) is 9.26. The molecule has 182 valence electrons. The van der Waals surface area contributed by atoms with Gasteiger partial charge in [-0.25, -0.2) is 0 Å². The Morgan fingerprint density at radius 3 is 2.50 bits per heavy atom. The summed E-state index contributed by atoms with van der Waals surface area (Å²) in [6.07, 6.45) is 5.30. The Labute approximate surface area is 205 Å². The van der Waals surface area contributed by atoms with Crippen LogP contribution in [0.5, 0.6) is 0 Å². The molecule has 8 nitrogen and oxygen atoms in total. The minimum Gasteiger partial charge on any atom is -0.369 e. The first kappa shape index (κ1) is 24.3. The normalized spacial score (nSPS) is 18.8. The molecule has 4 rings (SSSR count). The Hall–Kier alpha value is -2.87. The number of carbonyl (C=O) groups excluding carboxylic acids is 3. The van der Waals surface area contributed by atoms with Crippen molar-refractivity contribution >= 4 is 29.3 Å². The second-order valence-corrected chi connectivity index (χ2v) is 9.70. The lowest BCUT2D eigenvalue weighted by Gasteiger charge is -2.36.